The number of nitrogens with one attached hydrogen (secondary N) is 1. The second-order valence-electron chi connectivity index (χ2n) is 2.12. The van der Waals surface area contributed by atoms with Crippen LogP contribution in [-0.4, -0.2) is 13.7 Å². The highest BCUT2D eigenvalue weighted by atomic mass is 32.1. The van der Waals surface area contributed by atoms with E-state index >= 15 is 0 Å². The maximum absolute atomic E-state index is 11.8. The van der Waals surface area contributed by atoms with E-state index in [2.05, 4.69) is 10.1 Å². The summed E-state index contributed by atoms with van der Waals surface area (Å²) in [5, 5.41) is 4.60. The summed E-state index contributed by atoms with van der Waals surface area (Å²) in [6.07, 6.45) is 0. The topological polar surface area (TPSA) is 21.3 Å². The van der Waals surface area contributed by atoms with Crippen LogP contribution in [-0.2, 0) is 6.54 Å². The first-order valence-electron chi connectivity index (χ1n) is 3.40. The first kappa shape index (κ1) is 9.41. The van der Waals surface area contributed by atoms with Gasteiger partial charge in [-0.3, -0.25) is 0 Å². The molecule has 0 aromatic carbocycles. The van der Waals surface area contributed by atoms with E-state index in [1.165, 1.54) is 11.3 Å². The van der Waals surface area contributed by atoms with Crippen molar-refractivity contribution in [3.05, 3.63) is 16.3 Å². The molecule has 0 saturated carbocycles. The fourth-order valence-corrected chi connectivity index (χ4v) is 1.64. The maximum atomic E-state index is 11.8. The van der Waals surface area contributed by atoms with Gasteiger partial charge in [-0.2, -0.15) is 8.78 Å². The van der Waals surface area contributed by atoms with E-state index < -0.39 is 6.61 Å². The van der Waals surface area contributed by atoms with Gasteiger partial charge in [0.25, 0.3) is 0 Å². The van der Waals surface area contributed by atoms with E-state index in [1.807, 2.05) is 0 Å². The number of hydrogen-bond acceptors (Lipinski definition) is 3. The second kappa shape index (κ2) is 4.37. The number of alkyl halides is 2. The minimum absolute atomic E-state index is 0.268. The molecule has 0 atom stereocenters. The number of thiophene rings is 1. The third-order valence-electron chi connectivity index (χ3n) is 1.26. The minimum atomic E-state index is -2.74. The van der Waals surface area contributed by atoms with Crippen molar-refractivity contribution in [2.24, 2.45) is 0 Å². The molecule has 1 aromatic rings. The molecule has 0 aliphatic carbocycles. The Balaban J connectivity index is 2.63. The molecule has 0 radical (unpaired) electrons. The zero-order valence-electron chi connectivity index (χ0n) is 6.51. The van der Waals surface area contributed by atoms with Crippen molar-refractivity contribution >= 4 is 11.3 Å². The van der Waals surface area contributed by atoms with Crippen molar-refractivity contribution in [2.45, 2.75) is 13.2 Å². The molecule has 0 aliphatic rings. The Morgan fingerprint density at radius 3 is 3.00 bits per heavy atom. The Morgan fingerprint density at radius 2 is 2.42 bits per heavy atom. The Morgan fingerprint density at radius 1 is 1.67 bits per heavy atom. The van der Waals surface area contributed by atoms with Gasteiger partial charge >= 0.3 is 6.61 Å². The number of rotatable bonds is 4. The summed E-state index contributed by atoms with van der Waals surface area (Å²) in [4.78, 5) is 0.790. The predicted molar refractivity (Wildman–Crippen MR) is 43.7 cm³/mol. The summed E-state index contributed by atoms with van der Waals surface area (Å²) < 4.78 is 27.8. The lowest BCUT2D eigenvalue weighted by Crippen LogP contribution is -2.07. The smallest absolute Gasteiger partial charge is 0.387 e. The first-order valence-corrected chi connectivity index (χ1v) is 4.27. The monoisotopic (exact) mass is 193 g/mol. The Labute approximate surface area is 73.2 Å². The van der Waals surface area contributed by atoms with Gasteiger partial charge in [0.05, 0.1) is 4.88 Å². The predicted octanol–water partition coefficient (Wildman–Crippen LogP) is 2.07. The van der Waals surface area contributed by atoms with E-state index in [1.54, 1.807) is 18.5 Å². The Bertz CT molecular complexity index is 239. The van der Waals surface area contributed by atoms with Crippen LogP contribution in [0, 0.1) is 0 Å². The van der Waals surface area contributed by atoms with E-state index in [0.29, 0.717) is 6.54 Å². The van der Waals surface area contributed by atoms with Crippen LogP contribution in [0.25, 0.3) is 0 Å². The van der Waals surface area contributed by atoms with Gasteiger partial charge in [-0.15, -0.1) is 11.3 Å². The molecular weight excluding hydrogens is 184 g/mol. The fourth-order valence-electron chi connectivity index (χ4n) is 0.819. The molecular formula is C7H9F2NOS. The highest BCUT2D eigenvalue weighted by molar-refractivity contribution is 7.10. The van der Waals surface area contributed by atoms with Gasteiger partial charge in [-0.1, -0.05) is 0 Å². The molecule has 12 heavy (non-hydrogen) atoms. The SMILES string of the molecule is CNCc1sccc1OC(F)F. The Kier molecular flexibility index (Phi) is 3.43. The molecule has 0 aliphatic heterocycles. The summed E-state index contributed by atoms with van der Waals surface area (Å²) in [6.45, 7) is -2.19. The molecule has 1 N–H and O–H groups in total. The molecule has 0 bridgehead atoms. The number of ether oxygens (including phenoxy) is 1. The molecule has 1 heterocycles. The molecule has 2 nitrogen and oxygen atoms in total. The Hall–Kier alpha value is -0.680. The normalized spacial score (nSPS) is 10.7. The van der Waals surface area contributed by atoms with Gasteiger partial charge in [0.2, 0.25) is 0 Å². The van der Waals surface area contributed by atoms with Crippen molar-refractivity contribution in [3.63, 3.8) is 0 Å². The van der Waals surface area contributed by atoms with E-state index in [0.717, 1.165) is 4.88 Å². The zero-order valence-corrected chi connectivity index (χ0v) is 7.33. The standard InChI is InChI=1S/C7H9F2NOS/c1-10-4-6-5(2-3-12-6)11-7(8)9/h2-3,7,10H,4H2,1H3. The minimum Gasteiger partial charge on any atom is -0.434 e. The second-order valence-corrected chi connectivity index (χ2v) is 3.12. The summed E-state index contributed by atoms with van der Waals surface area (Å²) in [7, 11) is 1.76. The molecule has 0 amide bonds. The number of hydrogen-bond donors (Lipinski definition) is 1. The van der Waals surface area contributed by atoms with Crippen LogP contribution >= 0.6 is 11.3 Å². The molecule has 5 heteroatoms. The van der Waals surface area contributed by atoms with Gasteiger partial charge < -0.3 is 10.1 Å². The molecule has 1 rings (SSSR count). The molecule has 0 unspecified atom stereocenters. The van der Waals surface area contributed by atoms with Crippen LogP contribution in [0.5, 0.6) is 5.75 Å². The lowest BCUT2D eigenvalue weighted by molar-refractivity contribution is -0.0501. The van der Waals surface area contributed by atoms with E-state index in [9.17, 15) is 8.78 Å². The lowest BCUT2D eigenvalue weighted by atomic mass is 10.4. The van der Waals surface area contributed by atoms with Crippen LogP contribution in [0.3, 0.4) is 0 Å². The largest absolute Gasteiger partial charge is 0.434 e. The molecule has 0 fully saturated rings. The van der Waals surface area contributed by atoms with Crippen LogP contribution in [0.4, 0.5) is 8.78 Å². The quantitative estimate of drug-likeness (QED) is 0.790. The molecule has 0 saturated heterocycles. The van der Waals surface area contributed by atoms with Crippen molar-refractivity contribution < 1.29 is 13.5 Å². The fraction of sp³-hybridized carbons (Fsp3) is 0.429. The maximum Gasteiger partial charge on any atom is 0.387 e. The van der Waals surface area contributed by atoms with Gasteiger partial charge in [0.1, 0.15) is 5.75 Å². The van der Waals surface area contributed by atoms with Crippen LogP contribution in [0.2, 0.25) is 0 Å². The van der Waals surface area contributed by atoms with Gasteiger partial charge in [0.15, 0.2) is 0 Å². The molecule has 0 spiro atoms. The highest BCUT2D eigenvalue weighted by Gasteiger charge is 2.09. The van der Waals surface area contributed by atoms with Crippen LogP contribution in [0.15, 0.2) is 11.4 Å². The van der Waals surface area contributed by atoms with Crippen molar-refractivity contribution in [3.8, 4) is 5.75 Å². The van der Waals surface area contributed by atoms with Gasteiger partial charge in [-0.25, -0.2) is 0 Å². The average molecular weight is 193 g/mol. The third-order valence-corrected chi connectivity index (χ3v) is 2.16. The first-order chi connectivity index (χ1) is 5.74. The van der Waals surface area contributed by atoms with E-state index in [4.69, 9.17) is 0 Å². The summed E-state index contributed by atoms with van der Waals surface area (Å²) in [6, 6.07) is 1.55. The van der Waals surface area contributed by atoms with Crippen molar-refractivity contribution in [2.75, 3.05) is 7.05 Å². The summed E-state index contributed by atoms with van der Waals surface area (Å²) in [5.74, 6) is 0.268. The highest BCUT2D eigenvalue weighted by Crippen LogP contribution is 2.25. The summed E-state index contributed by atoms with van der Waals surface area (Å²) >= 11 is 1.40. The van der Waals surface area contributed by atoms with Crippen molar-refractivity contribution in [1.82, 2.24) is 5.32 Å². The number of halogens is 2. The summed E-state index contributed by atoms with van der Waals surface area (Å²) in [5.41, 5.74) is 0. The average Bonchev–Trinajstić information content (AvgIpc) is 2.37. The zero-order chi connectivity index (χ0) is 8.97. The molecule has 68 valence electrons. The van der Waals surface area contributed by atoms with Crippen LogP contribution < -0.4 is 10.1 Å². The van der Waals surface area contributed by atoms with Crippen LogP contribution in [0.1, 0.15) is 4.88 Å². The van der Waals surface area contributed by atoms with Crippen molar-refractivity contribution in [1.29, 1.82) is 0 Å². The third kappa shape index (κ3) is 2.42. The van der Waals surface area contributed by atoms with Gasteiger partial charge in [0, 0.05) is 6.54 Å². The van der Waals surface area contributed by atoms with E-state index in [-0.39, 0.29) is 5.75 Å². The molecule has 1 aromatic heterocycles. The lowest BCUT2D eigenvalue weighted by Gasteiger charge is -2.04. The van der Waals surface area contributed by atoms with Gasteiger partial charge in [-0.05, 0) is 18.5 Å².